The zero-order valence-corrected chi connectivity index (χ0v) is 9.44. The van der Waals surface area contributed by atoms with Gasteiger partial charge >= 0.3 is 58.4 Å². The van der Waals surface area contributed by atoms with Crippen LogP contribution in [0.2, 0.25) is 0 Å². The molecule has 0 aromatic heterocycles. The molecule has 0 aliphatic carbocycles. The summed E-state index contributed by atoms with van der Waals surface area (Å²) in [7, 11) is 0. The Balaban J connectivity index is 0. The number of rotatable bonds is 2. The van der Waals surface area contributed by atoms with Gasteiger partial charge in [0.05, 0.1) is 0 Å². The summed E-state index contributed by atoms with van der Waals surface area (Å²) >= 11 is 0. The molecule has 6 heteroatoms. The van der Waals surface area contributed by atoms with Gasteiger partial charge in [-0.3, -0.25) is 0 Å². The first-order valence-electron chi connectivity index (χ1n) is 2.73. The molecule has 0 bridgehead atoms. The fraction of sp³-hybridized carbons (Fsp3) is 1.00. The van der Waals surface area contributed by atoms with Gasteiger partial charge in [0.1, 0.15) is 0 Å². The molecule has 0 aromatic rings. The van der Waals surface area contributed by atoms with Crippen LogP contribution in [-0.4, -0.2) is 18.1 Å². The van der Waals surface area contributed by atoms with E-state index in [1.54, 1.807) is 0 Å². The largest absolute Gasteiger partial charge is 1.00 e. The summed E-state index contributed by atoms with van der Waals surface area (Å²) in [6.45, 7) is -2.38. The molecule has 1 unspecified atom stereocenters. The molecule has 0 saturated heterocycles. The van der Waals surface area contributed by atoms with E-state index in [1.807, 2.05) is 0 Å². The molecule has 0 rings (SSSR count). The molecule has 0 radical (unpaired) electrons. The van der Waals surface area contributed by atoms with Gasteiger partial charge in [-0.05, 0) is 5.92 Å². The third-order valence-corrected chi connectivity index (χ3v) is 1.07. The van der Waals surface area contributed by atoms with Crippen LogP contribution in [0.15, 0.2) is 0 Å². The van der Waals surface area contributed by atoms with Crippen molar-refractivity contribution in [2.45, 2.75) is 19.9 Å². The summed E-state index contributed by atoms with van der Waals surface area (Å²) < 4.78 is 34.5. The van der Waals surface area contributed by atoms with Crippen LogP contribution in [-0.2, 0) is 0 Å². The van der Waals surface area contributed by atoms with E-state index >= 15 is 0 Å². The normalized spacial score (nSPS) is 14.7. The summed E-state index contributed by atoms with van der Waals surface area (Å²) in [5, 5.41) is 8.37. The Hall–Kier alpha value is 1.45. The summed E-state index contributed by atoms with van der Waals surface area (Å²) in [5.41, 5.74) is 0. The van der Waals surface area contributed by atoms with Crippen LogP contribution in [0.3, 0.4) is 0 Å². The van der Waals surface area contributed by atoms with Crippen LogP contribution in [0, 0.1) is 5.92 Å². The Morgan fingerprint density at radius 1 is 1.20 bits per heavy atom. The molecule has 0 aliphatic rings. The minimum absolute atomic E-state index is 0. The molecule has 1 nitrogen and oxygen atoms in total. The number of aliphatic hydroxyl groups excluding tert-OH is 1. The molecule has 0 fully saturated rings. The fourth-order valence-electron chi connectivity index (χ4n) is 0.436. The molecule has 0 saturated carbocycles. The van der Waals surface area contributed by atoms with Crippen molar-refractivity contribution in [1.82, 2.24) is 0 Å². The topological polar surface area (TPSA) is 20.2 Å². The third-order valence-electron chi connectivity index (χ3n) is 1.07. The maximum atomic E-state index is 11.5. The van der Waals surface area contributed by atoms with Gasteiger partial charge in [0.2, 0.25) is 0 Å². The zero-order valence-electron chi connectivity index (χ0n) is 6.31. The van der Waals surface area contributed by atoms with E-state index in [1.165, 1.54) is 13.8 Å². The molecule has 0 spiro atoms. The Morgan fingerprint density at radius 3 is 1.50 bits per heavy atom. The predicted molar refractivity (Wildman–Crippen MR) is 29.9 cm³/mol. The van der Waals surface area contributed by atoms with E-state index in [4.69, 9.17) is 5.11 Å². The minimum atomic E-state index is -5.05. The van der Waals surface area contributed by atoms with Gasteiger partial charge in [-0.2, -0.15) is 0 Å². The van der Waals surface area contributed by atoms with Crippen molar-refractivity contribution < 1.29 is 69.4 Å². The van der Waals surface area contributed by atoms with Gasteiger partial charge in [-0.1, -0.05) is 13.8 Å². The Kier molecular flexibility index (Phi) is 7.22. The molecule has 10 heavy (non-hydrogen) atoms. The SMILES string of the molecule is CC(C)C(O)[B-](F)(F)F.[K+]. The van der Waals surface area contributed by atoms with Crippen LogP contribution < -0.4 is 51.4 Å². The molecule has 0 aromatic carbocycles. The van der Waals surface area contributed by atoms with Gasteiger partial charge in [0.25, 0.3) is 0 Å². The summed E-state index contributed by atoms with van der Waals surface area (Å²) in [6, 6.07) is -2.12. The molecule has 0 heterocycles. The first-order valence-corrected chi connectivity index (χ1v) is 2.73. The summed E-state index contributed by atoms with van der Waals surface area (Å²) in [4.78, 5) is 0. The molecule has 0 amide bonds. The second-order valence-corrected chi connectivity index (χ2v) is 2.36. The van der Waals surface area contributed by atoms with E-state index in [9.17, 15) is 12.9 Å². The number of hydrogen-bond acceptors (Lipinski definition) is 1. The fourth-order valence-corrected chi connectivity index (χ4v) is 0.436. The van der Waals surface area contributed by atoms with Gasteiger partial charge < -0.3 is 18.1 Å². The van der Waals surface area contributed by atoms with Crippen molar-refractivity contribution in [3.8, 4) is 0 Å². The second-order valence-electron chi connectivity index (χ2n) is 2.36. The smallest absolute Gasteiger partial charge is 0.447 e. The monoisotopic (exact) mass is 180 g/mol. The minimum Gasteiger partial charge on any atom is -0.447 e. The number of aliphatic hydroxyl groups is 1. The van der Waals surface area contributed by atoms with Crippen molar-refractivity contribution in [2.24, 2.45) is 5.92 Å². The van der Waals surface area contributed by atoms with Crippen LogP contribution in [0.4, 0.5) is 12.9 Å². The van der Waals surface area contributed by atoms with Crippen LogP contribution in [0.1, 0.15) is 13.8 Å². The number of hydrogen-bond donors (Lipinski definition) is 1. The van der Waals surface area contributed by atoms with Crippen LogP contribution in [0.25, 0.3) is 0 Å². The first-order chi connectivity index (χ1) is 3.85. The average molecular weight is 180 g/mol. The third kappa shape index (κ3) is 5.15. The zero-order chi connectivity index (χ0) is 7.65. The van der Waals surface area contributed by atoms with Gasteiger partial charge in [0, 0.05) is 6.00 Å². The van der Waals surface area contributed by atoms with E-state index in [2.05, 4.69) is 0 Å². The molecule has 1 atom stereocenters. The summed E-state index contributed by atoms with van der Waals surface area (Å²) in [6.07, 6.45) is 0. The van der Waals surface area contributed by atoms with Crippen molar-refractivity contribution in [3.05, 3.63) is 0 Å². The van der Waals surface area contributed by atoms with E-state index in [0.29, 0.717) is 0 Å². The standard InChI is InChI=1S/C4H9BF3O.K/c1-3(2)4(9)5(6,7)8;/h3-4,9H,1-2H3;/q-1;+1. The Morgan fingerprint density at radius 2 is 1.50 bits per heavy atom. The molecular weight excluding hydrogens is 171 g/mol. The van der Waals surface area contributed by atoms with Crippen molar-refractivity contribution >= 4 is 6.98 Å². The van der Waals surface area contributed by atoms with E-state index < -0.39 is 18.9 Å². The molecule has 56 valence electrons. The van der Waals surface area contributed by atoms with Gasteiger partial charge in [0.15, 0.2) is 0 Å². The maximum absolute atomic E-state index is 11.5. The first kappa shape index (κ1) is 14.0. The predicted octanol–water partition coefficient (Wildman–Crippen LogP) is -1.61. The van der Waals surface area contributed by atoms with Crippen LogP contribution in [0.5, 0.6) is 0 Å². The quantitative estimate of drug-likeness (QED) is 0.507. The number of halogens is 3. The molecule has 1 N–H and O–H groups in total. The van der Waals surface area contributed by atoms with Crippen LogP contribution >= 0.6 is 0 Å². The van der Waals surface area contributed by atoms with E-state index in [0.717, 1.165) is 0 Å². The van der Waals surface area contributed by atoms with Crippen molar-refractivity contribution in [1.29, 1.82) is 0 Å². The van der Waals surface area contributed by atoms with Gasteiger partial charge in [-0.25, -0.2) is 0 Å². The van der Waals surface area contributed by atoms with E-state index in [-0.39, 0.29) is 51.4 Å². The molecule has 0 aliphatic heterocycles. The van der Waals surface area contributed by atoms with Crippen molar-refractivity contribution in [2.75, 3.05) is 0 Å². The maximum Gasteiger partial charge on any atom is 1.00 e. The Bertz CT molecular complexity index is 95.0. The van der Waals surface area contributed by atoms with Gasteiger partial charge in [-0.15, -0.1) is 0 Å². The average Bonchev–Trinajstić information content (AvgIpc) is 1.62. The second kappa shape index (κ2) is 5.16. The van der Waals surface area contributed by atoms with Crippen molar-refractivity contribution in [3.63, 3.8) is 0 Å². The molecular formula is C4H9BF3KO. The summed E-state index contributed by atoms with van der Waals surface area (Å²) in [5.74, 6) is -0.731. The Labute approximate surface area is 101 Å².